The van der Waals surface area contributed by atoms with Gasteiger partial charge >= 0.3 is 0 Å². The molecule has 0 spiro atoms. The Hall–Kier alpha value is -2.24. The number of nitrogens with zero attached hydrogens (tertiary/aromatic N) is 4. The summed E-state index contributed by atoms with van der Waals surface area (Å²) in [4.78, 5) is 20.0. The molecule has 6 nitrogen and oxygen atoms in total. The quantitative estimate of drug-likeness (QED) is 0.868. The highest BCUT2D eigenvalue weighted by molar-refractivity contribution is 5.93. The van der Waals surface area contributed by atoms with Crippen molar-refractivity contribution in [2.24, 2.45) is 0 Å². The van der Waals surface area contributed by atoms with Crippen LogP contribution in [0, 0.1) is 6.92 Å². The predicted octanol–water partition coefficient (Wildman–Crippen LogP) is 0.974. The second-order valence-electron chi connectivity index (χ2n) is 4.28. The number of hydrogen-bond donors (Lipinski definition) is 1. The highest BCUT2D eigenvalue weighted by atomic mass is 16.1. The Bertz CT molecular complexity index is 546. The molecule has 0 aliphatic carbocycles. The van der Waals surface area contributed by atoms with Crippen molar-refractivity contribution in [3.8, 4) is 0 Å². The number of carbonyl (C=O) groups is 1. The lowest BCUT2D eigenvalue weighted by Gasteiger charge is -2.05. The van der Waals surface area contributed by atoms with E-state index in [9.17, 15) is 4.79 Å². The van der Waals surface area contributed by atoms with Crippen LogP contribution in [0.1, 0.15) is 28.7 Å². The largest absolute Gasteiger partial charge is 0.350 e. The minimum absolute atomic E-state index is 0.161. The lowest BCUT2D eigenvalue weighted by molar-refractivity contribution is 0.0951. The number of hydrogen-bond acceptors (Lipinski definition) is 4. The van der Waals surface area contributed by atoms with E-state index in [-0.39, 0.29) is 5.91 Å². The monoisotopic (exact) mass is 259 g/mol. The summed E-state index contributed by atoms with van der Waals surface area (Å²) >= 11 is 0. The van der Waals surface area contributed by atoms with Crippen LogP contribution in [-0.4, -0.2) is 32.2 Å². The van der Waals surface area contributed by atoms with Gasteiger partial charge in [-0.1, -0.05) is 6.92 Å². The summed E-state index contributed by atoms with van der Waals surface area (Å²) < 4.78 is 1.80. The van der Waals surface area contributed by atoms with Crippen LogP contribution in [0.5, 0.6) is 0 Å². The summed E-state index contributed by atoms with van der Waals surface area (Å²) in [5, 5.41) is 6.96. The van der Waals surface area contributed by atoms with Crippen LogP contribution in [0.4, 0.5) is 0 Å². The first kappa shape index (κ1) is 13.2. The molecule has 2 aromatic heterocycles. The van der Waals surface area contributed by atoms with Gasteiger partial charge in [-0.05, 0) is 12.5 Å². The molecule has 0 aliphatic heterocycles. The van der Waals surface area contributed by atoms with E-state index in [1.54, 1.807) is 23.3 Å². The Morgan fingerprint density at radius 1 is 1.32 bits per heavy atom. The molecule has 6 heteroatoms. The Labute approximate surface area is 111 Å². The molecule has 2 aromatic rings. The molecule has 0 saturated carbocycles. The van der Waals surface area contributed by atoms with E-state index >= 15 is 0 Å². The van der Waals surface area contributed by atoms with Crippen LogP contribution >= 0.6 is 0 Å². The predicted molar refractivity (Wildman–Crippen MR) is 70.7 cm³/mol. The molecule has 0 saturated heterocycles. The fourth-order valence-corrected chi connectivity index (χ4v) is 1.63. The average Bonchev–Trinajstić information content (AvgIpc) is 2.84. The molecule has 2 rings (SSSR count). The van der Waals surface area contributed by atoms with Crippen LogP contribution in [0.2, 0.25) is 0 Å². The van der Waals surface area contributed by atoms with E-state index in [4.69, 9.17) is 0 Å². The van der Waals surface area contributed by atoms with Crippen LogP contribution in [0.15, 0.2) is 24.8 Å². The fourth-order valence-electron chi connectivity index (χ4n) is 1.63. The van der Waals surface area contributed by atoms with Crippen molar-refractivity contribution in [3.05, 3.63) is 41.7 Å². The average molecular weight is 259 g/mol. The minimum Gasteiger partial charge on any atom is -0.350 e. The molecule has 0 unspecified atom stereocenters. The summed E-state index contributed by atoms with van der Waals surface area (Å²) in [6.45, 7) is 5.12. The molecule has 0 bridgehead atoms. The summed E-state index contributed by atoms with van der Waals surface area (Å²) in [5.41, 5.74) is 1.59. The zero-order valence-corrected chi connectivity index (χ0v) is 11.1. The van der Waals surface area contributed by atoms with Gasteiger partial charge in [0.05, 0.1) is 18.3 Å². The molecule has 100 valence electrons. The van der Waals surface area contributed by atoms with Gasteiger partial charge in [-0.2, -0.15) is 5.10 Å². The molecular formula is C13H17N5O. The van der Waals surface area contributed by atoms with Gasteiger partial charge in [-0.15, -0.1) is 0 Å². The van der Waals surface area contributed by atoms with Gasteiger partial charge in [0.15, 0.2) is 0 Å². The van der Waals surface area contributed by atoms with Gasteiger partial charge in [0.1, 0.15) is 5.82 Å². The Balaban J connectivity index is 1.83. The first-order valence-electron chi connectivity index (χ1n) is 6.27. The van der Waals surface area contributed by atoms with E-state index in [1.165, 1.54) is 0 Å². The lowest BCUT2D eigenvalue weighted by Crippen LogP contribution is -2.27. The van der Waals surface area contributed by atoms with Crippen molar-refractivity contribution < 1.29 is 4.79 Å². The zero-order chi connectivity index (χ0) is 13.7. The number of aryl methyl sites for hydroxylation is 2. The number of amides is 1. The van der Waals surface area contributed by atoms with Crippen LogP contribution in [0.25, 0.3) is 0 Å². The maximum atomic E-state index is 11.8. The van der Waals surface area contributed by atoms with Crippen molar-refractivity contribution in [3.63, 3.8) is 0 Å². The second kappa shape index (κ2) is 6.08. The van der Waals surface area contributed by atoms with E-state index in [1.807, 2.05) is 20.0 Å². The lowest BCUT2D eigenvalue weighted by atomic mass is 10.3. The van der Waals surface area contributed by atoms with Crippen LogP contribution in [-0.2, 0) is 13.0 Å². The molecule has 1 amide bonds. The highest BCUT2D eigenvalue weighted by Crippen LogP contribution is 1.97. The van der Waals surface area contributed by atoms with Crippen molar-refractivity contribution in [1.82, 2.24) is 25.1 Å². The molecule has 0 radical (unpaired) electrons. The van der Waals surface area contributed by atoms with Crippen LogP contribution < -0.4 is 5.32 Å². The minimum atomic E-state index is -0.161. The van der Waals surface area contributed by atoms with Crippen LogP contribution in [0.3, 0.4) is 0 Å². The summed E-state index contributed by atoms with van der Waals surface area (Å²) in [5.74, 6) is 0.579. The molecule has 19 heavy (non-hydrogen) atoms. The zero-order valence-electron chi connectivity index (χ0n) is 11.1. The summed E-state index contributed by atoms with van der Waals surface area (Å²) in [6.07, 6.45) is 7.60. The Morgan fingerprint density at radius 3 is 2.63 bits per heavy atom. The van der Waals surface area contributed by atoms with Crippen molar-refractivity contribution in [2.45, 2.75) is 26.8 Å². The van der Waals surface area contributed by atoms with Gasteiger partial charge in [0, 0.05) is 31.6 Å². The first-order valence-corrected chi connectivity index (χ1v) is 6.27. The van der Waals surface area contributed by atoms with Gasteiger partial charge in [-0.25, -0.2) is 9.97 Å². The number of carbonyl (C=O) groups excluding carboxylic acids is 1. The van der Waals surface area contributed by atoms with Gasteiger partial charge in [0.25, 0.3) is 5.91 Å². The third-order valence-corrected chi connectivity index (χ3v) is 2.67. The SMILES string of the molecule is CCc1ncc(C(=O)NCCn2cc(C)cn2)cn1. The van der Waals surface area contributed by atoms with Crippen molar-refractivity contribution in [2.75, 3.05) is 6.54 Å². The van der Waals surface area contributed by atoms with Crippen molar-refractivity contribution in [1.29, 1.82) is 0 Å². The number of aromatic nitrogens is 4. The Kier molecular flexibility index (Phi) is 4.22. The standard InChI is InChI=1S/C13H17N5O/c1-3-12-15-7-11(8-16-12)13(19)14-4-5-18-9-10(2)6-17-18/h6-9H,3-5H2,1-2H3,(H,14,19). The highest BCUT2D eigenvalue weighted by Gasteiger charge is 2.06. The topological polar surface area (TPSA) is 72.7 Å². The van der Waals surface area contributed by atoms with Crippen molar-refractivity contribution >= 4 is 5.91 Å². The van der Waals surface area contributed by atoms with E-state index in [0.29, 0.717) is 18.7 Å². The molecule has 0 fully saturated rings. The molecule has 1 N–H and O–H groups in total. The Morgan fingerprint density at radius 2 is 2.05 bits per heavy atom. The maximum Gasteiger partial charge on any atom is 0.254 e. The first-order chi connectivity index (χ1) is 9.19. The molecular weight excluding hydrogens is 242 g/mol. The summed E-state index contributed by atoms with van der Waals surface area (Å²) in [7, 11) is 0. The molecule has 0 atom stereocenters. The summed E-state index contributed by atoms with van der Waals surface area (Å²) in [6, 6.07) is 0. The van der Waals surface area contributed by atoms with E-state index in [2.05, 4.69) is 20.4 Å². The number of rotatable bonds is 5. The maximum absolute atomic E-state index is 11.8. The van der Waals surface area contributed by atoms with E-state index in [0.717, 1.165) is 17.8 Å². The third kappa shape index (κ3) is 3.61. The molecule has 0 aromatic carbocycles. The molecule has 0 aliphatic rings. The van der Waals surface area contributed by atoms with Gasteiger partial charge in [0.2, 0.25) is 0 Å². The number of nitrogens with one attached hydrogen (secondary N) is 1. The van der Waals surface area contributed by atoms with E-state index < -0.39 is 0 Å². The second-order valence-corrected chi connectivity index (χ2v) is 4.28. The molecule has 2 heterocycles. The van der Waals surface area contributed by atoms with Gasteiger partial charge in [-0.3, -0.25) is 9.48 Å². The third-order valence-electron chi connectivity index (χ3n) is 2.67. The smallest absolute Gasteiger partial charge is 0.254 e. The van der Waals surface area contributed by atoms with Gasteiger partial charge < -0.3 is 5.32 Å². The normalized spacial score (nSPS) is 10.4. The fraction of sp³-hybridized carbons (Fsp3) is 0.385.